The van der Waals surface area contributed by atoms with Crippen molar-refractivity contribution in [2.45, 2.75) is 6.92 Å². The van der Waals surface area contributed by atoms with Crippen molar-refractivity contribution >= 4 is 17.6 Å². The van der Waals surface area contributed by atoms with Gasteiger partial charge < -0.3 is 10.4 Å². The highest BCUT2D eigenvalue weighted by atomic mass is 16.4. The first-order chi connectivity index (χ1) is 9.08. The van der Waals surface area contributed by atoms with Gasteiger partial charge >= 0.3 is 5.97 Å². The van der Waals surface area contributed by atoms with Crippen molar-refractivity contribution in [3.8, 4) is 0 Å². The number of anilines is 1. The summed E-state index contributed by atoms with van der Waals surface area (Å²) in [6, 6.07) is 8.64. The lowest BCUT2D eigenvalue weighted by molar-refractivity contribution is 0.0696. The molecule has 0 aliphatic heterocycles. The van der Waals surface area contributed by atoms with Crippen LogP contribution < -0.4 is 5.32 Å². The van der Waals surface area contributed by atoms with Gasteiger partial charge in [0.05, 0.1) is 11.1 Å². The van der Waals surface area contributed by atoms with Crippen molar-refractivity contribution < 1.29 is 14.7 Å². The molecule has 96 valence electrons. The maximum atomic E-state index is 12.0. The molecule has 0 bridgehead atoms. The lowest BCUT2D eigenvalue weighted by Gasteiger charge is -2.08. The number of benzene rings is 1. The van der Waals surface area contributed by atoms with Crippen LogP contribution in [-0.4, -0.2) is 22.0 Å². The van der Waals surface area contributed by atoms with Crippen molar-refractivity contribution in [2.75, 3.05) is 5.32 Å². The van der Waals surface area contributed by atoms with Crippen LogP contribution in [0.3, 0.4) is 0 Å². The van der Waals surface area contributed by atoms with E-state index in [1.54, 1.807) is 6.07 Å². The summed E-state index contributed by atoms with van der Waals surface area (Å²) in [6.45, 7) is 1.88. The Bertz CT molecular complexity index is 638. The van der Waals surface area contributed by atoms with Crippen LogP contribution in [0.2, 0.25) is 0 Å². The van der Waals surface area contributed by atoms with Gasteiger partial charge in [0, 0.05) is 18.1 Å². The Kier molecular flexibility index (Phi) is 3.56. The molecule has 0 spiro atoms. The molecule has 0 saturated heterocycles. The van der Waals surface area contributed by atoms with Gasteiger partial charge in [-0.05, 0) is 24.6 Å². The fourth-order valence-corrected chi connectivity index (χ4v) is 1.59. The molecule has 5 nitrogen and oxygen atoms in total. The molecule has 1 heterocycles. The number of aromatic nitrogens is 1. The topological polar surface area (TPSA) is 79.3 Å². The molecule has 2 aromatic rings. The van der Waals surface area contributed by atoms with E-state index in [2.05, 4.69) is 10.3 Å². The molecule has 2 rings (SSSR count). The SMILES string of the molecule is Cc1ccccc1NC(=O)c1cncc(C(=O)O)c1. The average molecular weight is 256 g/mol. The van der Waals surface area contributed by atoms with Gasteiger partial charge in [0.25, 0.3) is 5.91 Å². The summed E-state index contributed by atoms with van der Waals surface area (Å²) in [6.07, 6.45) is 2.53. The molecule has 0 radical (unpaired) electrons. The van der Waals surface area contributed by atoms with E-state index < -0.39 is 5.97 Å². The molecule has 0 aliphatic carbocycles. The third-order valence-corrected chi connectivity index (χ3v) is 2.64. The molecule has 0 unspecified atom stereocenters. The molecule has 19 heavy (non-hydrogen) atoms. The Morgan fingerprint density at radius 2 is 1.84 bits per heavy atom. The maximum absolute atomic E-state index is 12.0. The van der Waals surface area contributed by atoms with Crippen LogP contribution in [0.15, 0.2) is 42.7 Å². The predicted molar refractivity (Wildman–Crippen MR) is 70.3 cm³/mol. The van der Waals surface area contributed by atoms with E-state index in [1.165, 1.54) is 18.5 Å². The second-order valence-corrected chi connectivity index (χ2v) is 4.04. The van der Waals surface area contributed by atoms with Gasteiger partial charge in [-0.25, -0.2) is 4.79 Å². The summed E-state index contributed by atoms with van der Waals surface area (Å²) in [4.78, 5) is 26.6. The number of carbonyl (C=O) groups is 2. The van der Waals surface area contributed by atoms with Crippen LogP contribution in [0, 0.1) is 6.92 Å². The van der Waals surface area contributed by atoms with E-state index in [0.717, 1.165) is 5.56 Å². The van der Waals surface area contributed by atoms with Crippen molar-refractivity contribution in [1.29, 1.82) is 0 Å². The first-order valence-corrected chi connectivity index (χ1v) is 5.63. The number of hydrogen-bond donors (Lipinski definition) is 2. The van der Waals surface area contributed by atoms with Crippen LogP contribution in [-0.2, 0) is 0 Å². The predicted octanol–water partition coefficient (Wildman–Crippen LogP) is 2.34. The number of aromatic carboxylic acids is 1. The van der Waals surface area contributed by atoms with E-state index >= 15 is 0 Å². The van der Waals surface area contributed by atoms with Crippen molar-refractivity contribution in [3.05, 3.63) is 59.4 Å². The summed E-state index contributed by atoms with van der Waals surface area (Å²) in [5.74, 6) is -1.50. The van der Waals surface area contributed by atoms with E-state index in [4.69, 9.17) is 5.11 Å². The number of nitrogens with one attached hydrogen (secondary N) is 1. The number of carboxylic acids is 1. The van der Waals surface area contributed by atoms with Crippen molar-refractivity contribution in [1.82, 2.24) is 4.98 Å². The highest BCUT2D eigenvalue weighted by Crippen LogP contribution is 2.14. The molecule has 5 heteroatoms. The molecule has 1 aromatic heterocycles. The highest BCUT2D eigenvalue weighted by Gasteiger charge is 2.11. The number of carbonyl (C=O) groups excluding carboxylic acids is 1. The molecule has 0 saturated carbocycles. The number of pyridine rings is 1. The van der Waals surface area contributed by atoms with Gasteiger partial charge in [-0.2, -0.15) is 0 Å². The van der Waals surface area contributed by atoms with E-state index in [1.807, 2.05) is 25.1 Å². The summed E-state index contributed by atoms with van der Waals surface area (Å²) in [5.41, 5.74) is 1.81. The van der Waals surface area contributed by atoms with Gasteiger partial charge in [0.2, 0.25) is 0 Å². The molecule has 1 aromatic carbocycles. The molecule has 2 N–H and O–H groups in total. The minimum atomic E-state index is -1.11. The number of para-hydroxylation sites is 1. The quantitative estimate of drug-likeness (QED) is 0.883. The zero-order chi connectivity index (χ0) is 13.8. The van der Waals surface area contributed by atoms with Crippen LogP contribution in [0.5, 0.6) is 0 Å². The van der Waals surface area contributed by atoms with E-state index in [0.29, 0.717) is 5.69 Å². The Morgan fingerprint density at radius 1 is 1.16 bits per heavy atom. The third-order valence-electron chi connectivity index (χ3n) is 2.64. The second kappa shape index (κ2) is 5.30. The van der Waals surface area contributed by atoms with E-state index in [-0.39, 0.29) is 17.0 Å². The normalized spacial score (nSPS) is 9.95. The molecule has 0 aliphatic rings. The van der Waals surface area contributed by atoms with Gasteiger partial charge in [0.15, 0.2) is 0 Å². The van der Waals surface area contributed by atoms with Crippen LogP contribution >= 0.6 is 0 Å². The monoisotopic (exact) mass is 256 g/mol. The second-order valence-electron chi connectivity index (χ2n) is 4.04. The fourth-order valence-electron chi connectivity index (χ4n) is 1.59. The smallest absolute Gasteiger partial charge is 0.337 e. The standard InChI is InChI=1S/C14H12N2O3/c1-9-4-2-3-5-12(9)16-13(17)10-6-11(14(18)19)8-15-7-10/h2-8H,1H3,(H,16,17)(H,18,19). The third kappa shape index (κ3) is 2.95. The number of carboxylic acid groups (broad SMARTS) is 1. The zero-order valence-electron chi connectivity index (χ0n) is 10.3. The van der Waals surface area contributed by atoms with Crippen molar-refractivity contribution in [2.24, 2.45) is 0 Å². The van der Waals surface area contributed by atoms with Gasteiger partial charge in [-0.3, -0.25) is 9.78 Å². The molecular weight excluding hydrogens is 244 g/mol. The minimum absolute atomic E-state index is 0.0163. The lowest BCUT2D eigenvalue weighted by atomic mass is 10.1. The van der Waals surface area contributed by atoms with Gasteiger partial charge in [-0.15, -0.1) is 0 Å². The first kappa shape index (κ1) is 12.8. The van der Waals surface area contributed by atoms with Gasteiger partial charge in [0.1, 0.15) is 0 Å². The Morgan fingerprint density at radius 3 is 2.53 bits per heavy atom. The summed E-state index contributed by atoms with van der Waals surface area (Å²) < 4.78 is 0. The van der Waals surface area contributed by atoms with Crippen molar-refractivity contribution in [3.63, 3.8) is 0 Å². The van der Waals surface area contributed by atoms with Crippen LogP contribution in [0.1, 0.15) is 26.3 Å². The summed E-state index contributed by atoms with van der Waals surface area (Å²) >= 11 is 0. The number of amides is 1. The molecule has 0 atom stereocenters. The zero-order valence-corrected chi connectivity index (χ0v) is 10.3. The number of aryl methyl sites for hydroxylation is 1. The molecular formula is C14H12N2O3. The Labute approximate surface area is 109 Å². The summed E-state index contributed by atoms with van der Waals surface area (Å²) in [5, 5.41) is 11.6. The maximum Gasteiger partial charge on any atom is 0.337 e. The Balaban J connectivity index is 2.23. The van der Waals surface area contributed by atoms with Gasteiger partial charge in [-0.1, -0.05) is 18.2 Å². The highest BCUT2D eigenvalue weighted by molar-refractivity contribution is 6.05. The number of nitrogens with zero attached hydrogens (tertiary/aromatic N) is 1. The minimum Gasteiger partial charge on any atom is -0.478 e. The molecule has 1 amide bonds. The van der Waals surface area contributed by atoms with E-state index in [9.17, 15) is 9.59 Å². The first-order valence-electron chi connectivity index (χ1n) is 5.63. The number of hydrogen-bond acceptors (Lipinski definition) is 3. The largest absolute Gasteiger partial charge is 0.478 e. The molecule has 0 fully saturated rings. The lowest BCUT2D eigenvalue weighted by Crippen LogP contribution is -2.14. The average Bonchev–Trinajstić information content (AvgIpc) is 2.41. The summed E-state index contributed by atoms with van der Waals surface area (Å²) in [7, 11) is 0. The Hall–Kier alpha value is -2.69. The van der Waals surface area contributed by atoms with Crippen LogP contribution in [0.4, 0.5) is 5.69 Å². The fraction of sp³-hybridized carbons (Fsp3) is 0.0714. The van der Waals surface area contributed by atoms with Crippen LogP contribution in [0.25, 0.3) is 0 Å². The number of rotatable bonds is 3.